The van der Waals surface area contributed by atoms with Crippen LogP contribution in [0.1, 0.15) is 52.4 Å². The van der Waals surface area contributed by atoms with Crippen LogP contribution in [0.25, 0.3) is 0 Å². The fourth-order valence-corrected chi connectivity index (χ4v) is 2.67. The van der Waals surface area contributed by atoms with Crippen LogP contribution in [0.5, 0.6) is 0 Å². The van der Waals surface area contributed by atoms with Crippen molar-refractivity contribution < 1.29 is 22.8 Å². The lowest BCUT2D eigenvalue weighted by Gasteiger charge is -2.30. The summed E-state index contributed by atoms with van der Waals surface area (Å²) in [6.07, 6.45) is -0.716. The summed E-state index contributed by atoms with van der Waals surface area (Å²) in [5.41, 5.74) is 0. The van der Waals surface area contributed by atoms with Gasteiger partial charge in [0.05, 0.1) is 0 Å². The molecule has 0 aromatic rings. The van der Waals surface area contributed by atoms with Crippen LogP contribution >= 0.6 is 0 Å². The molecule has 22 heavy (non-hydrogen) atoms. The van der Waals surface area contributed by atoms with E-state index in [-0.39, 0.29) is 12.5 Å². The third-order valence-corrected chi connectivity index (χ3v) is 3.92. The van der Waals surface area contributed by atoms with E-state index in [9.17, 15) is 22.8 Å². The van der Waals surface area contributed by atoms with E-state index in [0.29, 0.717) is 30.8 Å². The average molecular weight is 322 g/mol. The van der Waals surface area contributed by atoms with Gasteiger partial charge in [-0.1, -0.05) is 26.7 Å². The summed E-state index contributed by atoms with van der Waals surface area (Å²) in [7, 11) is 0. The van der Waals surface area contributed by atoms with Crippen molar-refractivity contribution in [2.24, 2.45) is 0 Å². The van der Waals surface area contributed by atoms with E-state index in [2.05, 4.69) is 0 Å². The van der Waals surface area contributed by atoms with E-state index < -0.39 is 18.1 Å². The van der Waals surface area contributed by atoms with Gasteiger partial charge in [0.1, 0.15) is 6.04 Å². The number of nitrogens with zero attached hydrogens (tertiary/aromatic N) is 2. The van der Waals surface area contributed by atoms with Gasteiger partial charge in [-0.2, -0.15) is 13.2 Å². The third kappa shape index (κ3) is 4.88. The number of hydrogen-bond acceptors (Lipinski definition) is 2. The molecule has 4 nitrogen and oxygen atoms in total. The van der Waals surface area contributed by atoms with E-state index in [4.69, 9.17) is 0 Å². The van der Waals surface area contributed by atoms with E-state index in [1.807, 2.05) is 13.8 Å². The highest BCUT2D eigenvalue weighted by Gasteiger charge is 2.48. The molecule has 1 fully saturated rings. The van der Waals surface area contributed by atoms with Crippen molar-refractivity contribution in [2.75, 3.05) is 19.6 Å². The second kappa shape index (κ2) is 8.39. The topological polar surface area (TPSA) is 40.6 Å². The van der Waals surface area contributed by atoms with Gasteiger partial charge in [-0.25, -0.2) is 0 Å². The lowest BCUT2D eigenvalue weighted by Crippen LogP contribution is -2.51. The van der Waals surface area contributed by atoms with Crippen molar-refractivity contribution >= 4 is 11.8 Å². The first kappa shape index (κ1) is 18.8. The molecule has 128 valence electrons. The molecule has 0 aliphatic carbocycles. The molecule has 0 radical (unpaired) electrons. The van der Waals surface area contributed by atoms with Gasteiger partial charge in [0, 0.05) is 19.6 Å². The van der Waals surface area contributed by atoms with Gasteiger partial charge >= 0.3 is 12.1 Å². The normalized spacial score (nSPS) is 18.6. The van der Waals surface area contributed by atoms with Gasteiger partial charge in [0.25, 0.3) is 0 Å². The first-order valence-corrected chi connectivity index (χ1v) is 7.99. The Labute approximate surface area is 129 Å². The lowest BCUT2D eigenvalue weighted by atomic mass is 10.1. The molecule has 1 unspecified atom stereocenters. The zero-order chi connectivity index (χ0) is 16.8. The molecule has 7 heteroatoms. The summed E-state index contributed by atoms with van der Waals surface area (Å²) in [6.45, 7) is 5.08. The van der Waals surface area contributed by atoms with Gasteiger partial charge < -0.3 is 9.80 Å². The molecule has 0 aromatic carbocycles. The number of carbonyl (C=O) groups is 2. The highest BCUT2D eigenvalue weighted by atomic mass is 19.4. The monoisotopic (exact) mass is 322 g/mol. The Morgan fingerprint density at radius 1 is 1.14 bits per heavy atom. The fourth-order valence-electron chi connectivity index (χ4n) is 2.67. The van der Waals surface area contributed by atoms with Crippen molar-refractivity contribution in [3.05, 3.63) is 0 Å². The van der Waals surface area contributed by atoms with Crippen molar-refractivity contribution in [3.8, 4) is 0 Å². The maximum Gasteiger partial charge on any atom is 0.471 e. The lowest BCUT2D eigenvalue weighted by molar-refractivity contribution is -0.187. The summed E-state index contributed by atoms with van der Waals surface area (Å²) in [5, 5.41) is 0. The number of rotatable bonds is 7. The molecule has 1 aliphatic rings. The van der Waals surface area contributed by atoms with E-state index in [0.717, 1.165) is 25.7 Å². The van der Waals surface area contributed by atoms with E-state index in [1.54, 1.807) is 4.90 Å². The summed E-state index contributed by atoms with van der Waals surface area (Å²) < 4.78 is 37.9. The summed E-state index contributed by atoms with van der Waals surface area (Å²) in [5.74, 6) is -2.23. The van der Waals surface area contributed by atoms with Gasteiger partial charge in [-0.3, -0.25) is 9.59 Å². The van der Waals surface area contributed by atoms with Crippen LogP contribution in [0.4, 0.5) is 13.2 Å². The SMILES string of the molecule is CCCCN(CCCC)C(=O)C1CCCN1C(=O)C(F)(F)F. The summed E-state index contributed by atoms with van der Waals surface area (Å²) in [6, 6.07) is -0.956. The maximum absolute atomic E-state index is 12.6. The molecule has 1 atom stereocenters. The molecule has 0 spiro atoms. The van der Waals surface area contributed by atoms with Crippen LogP contribution in [0.2, 0.25) is 0 Å². The number of carbonyl (C=O) groups excluding carboxylic acids is 2. The molecule has 1 aliphatic heterocycles. The third-order valence-electron chi connectivity index (χ3n) is 3.92. The van der Waals surface area contributed by atoms with Gasteiger partial charge in [-0.05, 0) is 25.7 Å². The highest BCUT2D eigenvalue weighted by Crippen LogP contribution is 2.26. The predicted molar refractivity (Wildman–Crippen MR) is 77.2 cm³/mol. The molecular formula is C15H25F3N2O2. The minimum atomic E-state index is -4.92. The second-order valence-corrected chi connectivity index (χ2v) is 5.69. The molecule has 0 aromatic heterocycles. The van der Waals surface area contributed by atoms with Gasteiger partial charge in [0.2, 0.25) is 5.91 Å². The Bertz CT molecular complexity index is 377. The Hall–Kier alpha value is -1.27. The molecule has 2 amide bonds. The van der Waals surface area contributed by atoms with Crippen molar-refractivity contribution in [2.45, 2.75) is 64.6 Å². The molecule has 1 heterocycles. The fraction of sp³-hybridized carbons (Fsp3) is 0.867. The highest BCUT2D eigenvalue weighted by molar-refractivity contribution is 5.90. The van der Waals surface area contributed by atoms with Crippen LogP contribution in [0.15, 0.2) is 0 Å². The summed E-state index contributed by atoms with van der Waals surface area (Å²) >= 11 is 0. The number of amides is 2. The Morgan fingerprint density at radius 3 is 2.14 bits per heavy atom. The van der Waals surface area contributed by atoms with Crippen molar-refractivity contribution in [1.82, 2.24) is 9.80 Å². The quantitative estimate of drug-likeness (QED) is 0.723. The van der Waals surface area contributed by atoms with Gasteiger partial charge in [-0.15, -0.1) is 0 Å². The van der Waals surface area contributed by atoms with Crippen LogP contribution in [0.3, 0.4) is 0 Å². The van der Waals surface area contributed by atoms with Gasteiger partial charge in [0.15, 0.2) is 0 Å². The predicted octanol–water partition coefficient (Wildman–Crippen LogP) is 2.97. The van der Waals surface area contributed by atoms with E-state index >= 15 is 0 Å². The Kier molecular flexibility index (Phi) is 7.16. The average Bonchev–Trinajstić information content (AvgIpc) is 2.94. The first-order chi connectivity index (χ1) is 10.3. The smallest absolute Gasteiger partial charge is 0.341 e. The number of hydrogen-bond donors (Lipinski definition) is 0. The summed E-state index contributed by atoms with van der Waals surface area (Å²) in [4.78, 5) is 26.4. The van der Waals surface area contributed by atoms with E-state index in [1.165, 1.54) is 0 Å². The maximum atomic E-state index is 12.6. The molecule has 0 bridgehead atoms. The molecular weight excluding hydrogens is 297 g/mol. The minimum Gasteiger partial charge on any atom is -0.341 e. The Balaban J connectivity index is 2.79. The van der Waals surface area contributed by atoms with Crippen LogP contribution in [-0.4, -0.2) is 53.5 Å². The number of alkyl halides is 3. The second-order valence-electron chi connectivity index (χ2n) is 5.69. The molecule has 0 N–H and O–H groups in total. The zero-order valence-electron chi connectivity index (χ0n) is 13.3. The zero-order valence-corrected chi connectivity index (χ0v) is 13.3. The first-order valence-electron chi connectivity index (χ1n) is 7.99. The number of unbranched alkanes of at least 4 members (excludes halogenated alkanes) is 2. The molecule has 1 rings (SSSR count). The van der Waals surface area contributed by atoms with Crippen molar-refractivity contribution in [3.63, 3.8) is 0 Å². The number of halogens is 3. The van der Waals surface area contributed by atoms with Crippen LogP contribution in [0, 0.1) is 0 Å². The largest absolute Gasteiger partial charge is 0.471 e. The minimum absolute atomic E-state index is 0.00411. The van der Waals surface area contributed by atoms with Crippen LogP contribution in [-0.2, 0) is 9.59 Å². The number of likely N-dealkylation sites (tertiary alicyclic amines) is 1. The molecule has 0 saturated carbocycles. The Morgan fingerprint density at radius 2 is 1.68 bits per heavy atom. The standard InChI is InChI=1S/C15H25F3N2O2/c1-3-5-9-19(10-6-4-2)13(21)12-8-7-11-20(12)14(22)15(16,17)18/h12H,3-11H2,1-2H3. The molecule has 1 saturated heterocycles. The van der Waals surface area contributed by atoms with Crippen LogP contribution < -0.4 is 0 Å². The van der Waals surface area contributed by atoms with Crippen molar-refractivity contribution in [1.29, 1.82) is 0 Å².